The van der Waals surface area contributed by atoms with Crippen LogP contribution in [0, 0.1) is 0 Å². The molecule has 2 heterocycles. The quantitative estimate of drug-likeness (QED) is 0.907. The molecule has 0 spiro atoms. The number of aromatic nitrogens is 1. The van der Waals surface area contributed by atoms with Crippen molar-refractivity contribution in [3.8, 4) is 0 Å². The van der Waals surface area contributed by atoms with E-state index in [0.717, 1.165) is 35.5 Å². The summed E-state index contributed by atoms with van der Waals surface area (Å²) in [5, 5.41) is 6.11. The number of hydrogen-bond donors (Lipinski definition) is 2. The van der Waals surface area contributed by atoms with E-state index in [-0.39, 0.29) is 18.1 Å². The molecule has 2 aliphatic rings. The third kappa shape index (κ3) is 2.60. The molecule has 1 saturated carbocycles. The van der Waals surface area contributed by atoms with Gasteiger partial charge in [-0.05, 0) is 38.0 Å². The third-order valence-electron chi connectivity index (χ3n) is 4.20. The van der Waals surface area contributed by atoms with Gasteiger partial charge in [0.05, 0.1) is 12.7 Å². The Morgan fingerprint density at radius 3 is 3.05 bits per heavy atom. The zero-order valence-electron chi connectivity index (χ0n) is 12.5. The van der Waals surface area contributed by atoms with Crippen LogP contribution in [0.5, 0.6) is 0 Å². The van der Waals surface area contributed by atoms with Crippen LogP contribution >= 0.6 is 0 Å². The average molecular weight is 301 g/mol. The number of anilines is 1. The Hall–Kier alpha value is -1.92. The lowest BCUT2D eigenvalue weighted by Gasteiger charge is -2.29. The molecule has 6 heteroatoms. The Bertz CT molecular complexity index is 708. The first-order valence-corrected chi connectivity index (χ1v) is 7.77. The van der Waals surface area contributed by atoms with E-state index < -0.39 is 0 Å². The highest BCUT2D eigenvalue weighted by atomic mass is 16.5. The number of carbonyl (C=O) groups excluding carboxylic acids is 1. The zero-order valence-corrected chi connectivity index (χ0v) is 12.5. The maximum Gasteiger partial charge on any atom is 0.244 e. The number of ether oxygens (including phenoxy) is 1. The zero-order chi connectivity index (χ0) is 15.1. The van der Waals surface area contributed by atoms with Crippen LogP contribution < -0.4 is 10.6 Å². The number of oxazole rings is 1. The maximum absolute atomic E-state index is 12.3. The van der Waals surface area contributed by atoms with Crippen LogP contribution in [-0.4, -0.2) is 36.2 Å². The average Bonchev–Trinajstić information content (AvgIpc) is 3.27. The Labute approximate surface area is 128 Å². The minimum atomic E-state index is -0.330. The van der Waals surface area contributed by atoms with Crippen molar-refractivity contribution in [1.29, 1.82) is 0 Å². The molecule has 2 atom stereocenters. The number of nitrogens with zero attached hydrogens (tertiary/aromatic N) is 1. The molecule has 4 rings (SSSR count). The lowest BCUT2D eigenvalue weighted by atomic mass is 10.1. The molecule has 6 nitrogen and oxygen atoms in total. The molecule has 0 unspecified atom stereocenters. The predicted octanol–water partition coefficient (Wildman–Crippen LogP) is 2.02. The van der Waals surface area contributed by atoms with Crippen LogP contribution in [0.3, 0.4) is 0 Å². The minimum Gasteiger partial charge on any atom is -0.440 e. The summed E-state index contributed by atoms with van der Waals surface area (Å²) >= 11 is 0. The molecule has 1 aromatic carbocycles. The number of benzene rings is 1. The van der Waals surface area contributed by atoms with Gasteiger partial charge in [0.2, 0.25) is 5.91 Å². The molecular weight excluding hydrogens is 282 g/mol. The molecule has 0 radical (unpaired) electrons. The van der Waals surface area contributed by atoms with Gasteiger partial charge in [-0.3, -0.25) is 4.79 Å². The van der Waals surface area contributed by atoms with Crippen molar-refractivity contribution in [2.75, 3.05) is 18.5 Å². The van der Waals surface area contributed by atoms with E-state index in [1.54, 1.807) is 0 Å². The molecule has 2 aromatic rings. The first-order valence-electron chi connectivity index (χ1n) is 7.77. The summed E-state index contributed by atoms with van der Waals surface area (Å²) in [6.45, 7) is 3.23. The normalized spacial score (nSPS) is 25.3. The fourth-order valence-corrected chi connectivity index (χ4v) is 2.78. The van der Waals surface area contributed by atoms with Gasteiger partial charge in [0.15, 0.2) is 11.5 Å². The summed E-state index contributed by atoms with van der Waals surface area (Å²) in [4.78, 5) is 16.9. The highest BCUT2D eigenvalue weighted by Gasteiger charge is 2.30. The second-order valence-electron chi connectivity index (χ2n) is 6.01. The van der Waals surface area contributed by atoms with Crippen molar-refractivity contribution in [2.45, 2.75) is 37.8 Å². The highest BCUT2D eigenvalue weighted by Crippen LogP contribution is 2.40. The van der Waals surface area contributed by atoms with Gasteiger partial charge in [0.1, 0.15) is 11.6 Å². The second kappa shape index (κ2) is 5.37. The van der Waals surface area contributed by atoms with E-state index in [1.165, 1.54) is 0 Å². The molecule has 2 N–H and O–H groups in total. The number of hydrogen-bond acceptors (Lipinski definition) is 5. The van der Waals surface area contributed by atoms with E-state index in [0.29, 0.717) is 19.1 Å². The molecule has 116 valence electrons. The Morgan fingerprint density at radius 2 is 2.27 bits per heavy atom. The molecule has 1 aliphatic carbocycles. The SMILES string of the molecule is C[C@H]1OCCN[C@@H]1C(=O)Nc1ccc2oc(C3CC3)nc2c1. The van der Waals surface area contributed by atoms with Crippen molar-refractivity contribution in [1.82, 2.24) is 10.3 Å². The molecule has 2 fully saturated rings. The van der Waals surface area contributed by atoms with Crippen LogP contribution in [0.2, 0.25) is 0 Å². The molecule has 1 aromatic heterocycles. The standard InChI is InChI=1S/C16H19N3O3/c1-9-14(17-6-7-21-9)15(20)18-11-4-5-13-12(8-11)19-16(22-13)10-2-3-10/h4-5,8-10,14,17H,2-3,6-7H2,1H3,(H,18,20)/t9-,14+/m1/s1. The second-order valence-corrected chi connectivity index (χ2v) is 6.01. The first-order chi connectivity index (χ1) is 10.7. The van der Waals surface area contributed by atoms with Crippen molar-refractivity contribution in [3.63, 3.8) is 0 Å². The first kappa shape index (κ1) is 13.7. The van der Waals surface area contributed by atoms with Gasteiger partial charge in [-0.25, -0.2) is 4.98 Å². The fourth-order valence-electron chi connectivity index (χ4n) is 2.78. The van der Waals surface area contributed by atoms with Crippen LogP contribution in [0.1, 0.15) is 31.6 Å². The highest BCUT2D eigenvalue weighted by molar-refractivity contribution is 5.96. The Kier molecular flexibility index (Phi) is 3.35. The summed E-state index contributed by atoms with van der Waals surface area (Å²) in [7, 11) is 0. The largest absolute Gasteiger partial charge is 0.440 e. The summed E-state index contributed by atoms with van der Waals surface area (Å²) in [5.41, 5.74) is 2.29. The predicted molar refractivity (Wildman–Crippen MR) is 81.8 cm³/mol. The summed E-state index contributed by atoms with van der Waals surface area (Å²) in [6, 6.07) is 5.23. The molecule has 0 bridgehead atoms. The molecule has 1 aliphatic heterocycles. The van der Waals surface area contributed by atoms with E-state index in [9.17, 15) is 4.79 Å². The summed E-state index contributed by atoms with van der Waals surface area (Å²) < 4.78 is 11.2. The van der Waals surface area contributed by atoms with Crippen molar-refractivity contribution >= 4 is 22.7 Å². The molecule has 1 saturated heterocycles. The molecular formula is C16H19N3O3. The van der Waals surface area contributed by atoms with Crippen LogP contribution in [0.25, 0.3) is 11.1 Å². The maximum atomic E-state index is 12.3. The van der Waals surface area contributed by atoms with E-state index in [1.807, 2.05) is 25.1 Å². The van der Waals surface area contributed by atoms with Crippen LogP contribution in [-0.2, 0) is 9.53 Å². The van der Waals surface area contributed by atoms with Gasteiger partial charge in [-0.1, -0.05) is 0 Å². The Morgan fingerprint density at radius 1 is 1.41 bits per heavy atom. The van der Waals surface area contributed by atoms with Crippen molar-refractivity contribution in [2.24, 2.45) is 0 Å². The molecule has 22 heavy (non-hydrogen) atoms. The third-order valence-corrected chi connectivity index (χ3v) is 4.20. The van der Waals surface area contributed by atoms with Gasteiger partial charge in [-0.2, -0.15) is 0 Å². The van der Waals surface area contributed by atoms with Gasteiger partial charge >= 0.3 is 0 Å². The van der Waals surface area contributed by atoms with Gasteiger partial charge in [0, 0.05) is 18.2 Å². The van der Waals surface area contributed by atoms with Crippen molar-refractivity contribution < 1.29 is 13.9 Å². The number of rotatable bonds is 3. The number of fused-ring (bicyclic) bond motifs is 1. The monoisotopic (exact) mass is 301 g/mol. The molecule has 1 amide bonds. The van der Waals surface area contributed by atoms with E-state index in [2.05, 4.69) is 15.6 Å². The van der Waals surface area contributed by atoms with Crippen LogP contribution in [0.4, 0.5) is 5.69 Å². The lowest BCUT2D eigenvalue weighted by molar-refractivity contribution is -0.123. The van der Waals surface area contributed by atoms with Crippen LogP contribution in [0.15, 0.2) is 22.6 Å². The lowest BCUT2D eigenvalue weighted by Crippen LogP contribution is -2.53. The topological polar surface area (TPSA) is 76.4 Å². The number of amides is 1. The summed E-state index contributed by atoms with van der Waals surface area (Å²) in [5.74, 6) is 1.21. The summed E-state index contributed by atoms with van der Waals surface area (Å²) in [6.07, 6.45) is 2.18. The van der Waals surface area contributed by atoms with Gasteiger partial charge < -0.3 is 19.8 Å². The number of nitrogens with one attached hydrogen (secondary N) is 2. The smallest absolute Gasteiger partial charge is 0.244 e. The van der Waals surface area contributed by atoms with Gasteiger partial charge in [-0.15, -0.1) is 0 Å². The number of carbonyl (C=O) groups is 1. The van der Waals surface area contributed by atoms with Gasteiger partial charge in [0.25, 0.3) is 0 Å². The Balaban J connectivity index is 1.52. The van der Waals surface area contributed by atoms with Crippen molar-refractivity contribution in [3.05, 3.63) is 24.1 Å². The fraction of sp³-hybridized carbons (Fsp3) is 0.500. The van der Waals surface area contributed by atoms with E-state index in [4.69, 9.17) is 9.15 Å². The number of morpholine rings is 1. The minimum absolute atomic E-state index is 0.0857. The van der Waals surface area contributed by atoms with E-state index >= 15 is 0 Å².